The third-order valence-corrected chi connectivity index (χ3v) is 8.40. The van der Waals surface area contributed by atoms with Crippen LogP contribution in [0.5, 0.6) is 0 Å². The topological polar surface area (TPSA) is 191 Å². The van der Waals surface area contributed by atoms with Crippen molar-refractivity contribution >= 4 is 63.5 Å². The van der Waals surface area contributed by atoms with Crippen molar-refractivity contribution in [3.8, 4) is 0 Å². The number of amides is 2. The lowest BCUT2D eigenvalue weighted by Crippen LogP contribution is -2.71. The lowest BCUT2D eigenvalue weighted by molar-refractivity contribution is -0.150. The normalized spacial score (nSPS) is 22.0. The van der Waals surface area contributed by atoms with Crippen molar-refractivity contribution in [1.82, 2.24) is 35.4 Å². The van der Waals surface area contributed by atoms with Crippen LogP contribution in [-0.4, -0.2) is 87.7 Å². The molecule has 4 heterocycles. The van der Waals surface area contributed by atoms with Gasteiger partial charge in [0, 0.05) is 23.9 Å². The summed E-state index contributed by atoms with van der Waals surface area (Å²) in [5, 5.41) is 29.5. The molecular weight excluding hydrogens is 518 g/mol. The minimum Gasteiger partial charge on any atom is -0.477 e. The van der Waals surface area contributed by atoms with E-state index in [1.165, 1.54) is 33.1 Å². The second-order valence-electron chi connectivity index (χ2n) is 7.81. The molecule has 14 nitrogen and oxygen atoms in total. The van der Waals surface area contributed by atoms with Crippen molar-refractivity contribution in [3.63, 3.8) is 0 Å². The molecule has 0 bridgehead atoms. The number of carbonyl (C=O) groups excluding carboxylic acids is 2. The number of rotatable bonds is 9. The number of nitrogens with one attached hydrogen (secondary N) is 1. The second-order valence-corrected chi connectivity index (χ2v) is 10.7. The van der Waals surface area contributed by atoms with Gasteiger partial charge >= 0.3 is 5.97 Å². The lowest BCUT2D eigenvalue weighted by atomic mass is 10.0. The molecule has 0 unspecified atom stereocenters. The first kappa shape index (κ1) is 23.6. The van der Waals surface area contributed by atoms with Gasteiger partial charge in [-0.25, -0.2) is 14.5 Å². The highest BCUT2D eigenvalue weighted by Crippen LogP contribution is 2.41. The molecule has 1 saturated heterocycles. The first-order chi connectivity index (χ1) is 16.8. The maximum atomic E-state index is 13.0. The van der Waals surface area contributed by atoms with Crippen molar-refractivity contribution in [2.75, 3.05) is 17.2 Å². The fourth-order valence-corrected chi connectivity index (χ4v) is 6.28. The van der Waals surface area contributed by atoms with Gasteiger partial charge in [-0.15, -0.1) is 28.2 Å². The van der Waals surface area contributed by atoms with Crippen molar-refractivity contribution in [2.24, 2.45) is 12.2 Å². The summed E-state index contributed by atoms with van der Waals surface area (Å²) in [5.74, 6) is -1.70. The molecule has 2 aromatic rings. The Balaban J connectivity index is 1.31. The molecule has 2 aromatic heterocycles. The summed E-state index contributed by atoms with van der Waals surface area (Å²) < 4.78 is 1.48. The molecule has 2 amide bonds. The number of fused-ring (bicyclic) bond motifs is 1. The number of hydrogen-bond acceptors (Lipinski definition) is 13. The molecule has 0 spiro atoms. The highest BCUT2D eigenvalue weighted by atomic mass is 32.2. The number of nitrogens with zero attached hydrogens (tertiary/aromatic N) is 7. The van der Waals surface area contributed by atoms with E-state index >= 15 is 0 Å². The molecule has 2 fully saturated rings. The predicted octanol–water partition coefficient (Wildman–Crippen LogP) is -0.337. The van der Waals surface area contributed by atoms with E-state index < -0.39 is 29.2 Å². The minimum absolute atomic E-state index is 0.0413. The fraction of sp³-hybridized carbons (Fsp3) is 0.444. The number of aliphatic carboxylic acids is 1. The van der Waals surface area contributed by atoms with E-state index in [1.807, 2.05) is 0 Å². The molecule has 1 saturated carbocycles. The number of nitrogen functional groups attached to an aromatic ring is 1. The summed E-state index contributed by atoms with van der Waals surface area (Å²) in [6.07, 6.45) is 1.66. The zero-order chi connectivity index (χ0) is 24.7. The number of aryl methyl sites for hydroxylation is 1. The Kier molecular flexibility index (Phi) is 6.37. The van der Waals surface area contributed by atoms with Gasteiger partial charge in [-0.05, 0) is 28.8 Å². The van der Waals surface area contributed by atoms with Crippen LogP contribution in [-0.2, 0) is 26.3 Å². The molecule has 3 aliphatic rings. The van der Waals surface area contributed by atoms with Crippen molar-refractivity contribution in [2.45, 2.75) is 35.5 Å². The molecule has 5 rings (SSSR count). The molecule has 0 aromatic carbocycles. The number of carboxylic acid groups (broad SMARTS) is 1. The Hall–Kier alpha value is -3.18. The predicted molar refractivity (Wildman–Crippen MR) is 126 cm³/mol. The number of anilines is 1. The average molecular weight is 538 g/mol. The monoisotopic (exact) mass is 537 g/mol. The first-order valence-electron chi connectivity index (χ1n) is 10.3. The Bertz CT molecular complexity index is 1250. The van der Waals surface area contributed by atoms with Crippen LogP contribution >= 0.6 is 34.9 Å². The number of hydrogen-bond donors (Lipinski definition) is 3. The van der Waals surface area contributed by atoms with Gasteiger partial charge < -0.3 is 21.0 Å². The van der Waals surface area contributed by atoms with E-state index in [2.05, 4.69) is 31.0 Å². The van der Waals surface area contributed by atoms with E-state index in [0.717, 1.165) is 24.2 Å². The Morgan fingerprint density at radius 1 is 1.43 bits per heavy atom. The van der Waals surface area contributed by atoms with E-state index in [9.17, 15) is 19.5 Å². The number of thioether (sulfide) groups is 2. The van der Waals surface area contributed by atoms with Gasteiger partial charge in [-0.3, -0.25) is 14.5 Å². The maximum absolute atomic E-state index is 13.0. The molecular formula is C18H19N9O5S3. The zero-order valence-corrected chi connectivity index (χ0v) is 20.6. The maximum Gasteiger partial charge on any atom is 0.352 e. The van der Waals surface area contributed by atoms with Crippen molar-refractivity contribution in [1.29, 1.82) is 0 Å². The summed E-state index contributed by atoms with van der Waals surface area (Å²) >= 11 is 3.80. The summed E-state index contributed by atoms with van der Waals surface area (Å²) in [4.78, 5) is 48.7. The summed E-state index contributed by atoms with van der Waals surface area (Å²) in [5.41, 5.74) is 6.35. The van der Waals surface area contributed by atoms with Crippen LogP contribution in [0, 0.1) is 0 Å². The van der Waals surface area contributed by atoms with Gasteiger partial charge in [0.1, 0.15) is 28.9 Å². The third-order valence-electron chi connectivity index (χ3n) is 5.29. The number of thiazole rings is 1. The van der Waals surface area contributed by atoms with Crippen LogP contribution in [0.25, 0.3) is 0 Å². The van der Waals surface area contributed by atoms with Crippen LogP contribution in [0.4, 0.5) is 5.13 Å². The number of β-lactam (4-membered cyclic amide) rings is 1. The first-order valence-corrected chi connectivity index (χ1v) is 13.3. The zero-order valence-electron chi connectivity index (χ0n) is 18.2. The van der Waals surface area contributed by atoms with E-state index in [0.29, 0.717) is 22.2 Å². The second kappa shape index (κ2) is 9.46. The van der Waals surface area contributed by atoms with Gasteiger partial charge in [0.25, 0.3) is 11.8 Å². The van der Waals surface area contributed by atoms with E-state index in [1.54, 1.807) is 12.4 Å². The summed E-state index contributed by atoms with van der Waals surface area (Å²) in [6.45, 7) is 0. The number of nitrogens with two attached hydrogens (primary N) is 1. The molecule has 1 aliphatic carbocycles. The average Bonchev–Trinajstić information content (AvgIpc) is 3.42. The third kappa shape index (κ3) is 4.70. The van der Waals surface area contributed by atoms with Gasteiger partial charge in [-0.2, -0.15) is 0 Å². The van der Waals surface area contributed by atoms with Crippen LogP contribution < -0.4 is 11.1 Å². The number of carbonyl (C=O) groups is 3. The molecule has 2 atom stereocenters. The smallest absolute Gasteiger partial charge is 0.352 e. The number of oxime groups is 1. The highest BCUT2D eigenvalue weighted by molar-refractivity contribution is 8.01. The fourth-order valence-electron chi connectivity index (χ4n) is 3.40. The standard InChI is InChI=1S/C18H19N9O5S3/c1-26-18(22-24-25-26)35-5-7-4-33-15-11(14(29)27(15)12(7)16(30)31)21-13(28)10(23-32-8-2-3-8)9-6-34-17(19)20-9/h6,8,11,15H,2-5H2,1H3,(H2,19,20)(H,21,28)(H,30,31)/b23-10+/t11-,15-/m1/s1. The molecule has 4 N–H and O–H groups in total. The molecule has 0 radical (unpaired) electrons. The lowest BCUT2D eigenvalue weighted by Gasteiger charge is -2.49. The largest absolute Gasteiger partial charge is 0.477 e. The molecule has 35 heavy (non-hydrogen) atoms. The SMILES string of the molecule is Cn1nnnc1SCC1=C(C(=O)O)N2C(=O)[C@@H](NC(=O)/C(=N/OC3CC3)c3csc(N)n3)[C@H]2SC1. The number of tetrazole rings is 1. The van der Waals surface area contributed by atoms with Gasteiger partial charge in [0.15, 0.2) is 10.8 Å². The van der Waals surface area contributed by atoms with E-state index in [-0.39, 0.29) is 28.3 Å². The van der Waals surface area contributed by atoms with Crippen molar-refractivity contribution in [3.05, 3.63) is 22.3 Å². The number of carboxylic acids is 1. The van der Waals surface area contributed by atoms with Crippen molar-refractivity contribution < 1.29 is 24.3 Å². The van der Waals surface area contributed by atoms with Crippen LogP contribution in [0.3, 0.4) is 0 Å². The van der Waals surface area contributed by atoms with Crippen LogP contribution in [0.15, 0.2) is 27.0 Å². The minimum atomic E-state index is -1.21. The number of aromatic nitrogens is 5. The Morgan fingerprint density at radius 3 is 2.86 bits per heavy atom. The molecule has 184 valence electrons. The Labute approximate surface area is 210 Å². The summed E-state index contributed by atoms with van der Waals surface area (Å²) in [6, 6.07) is -0.916. The van der Waals surface area contributed by atoms with Crippen LogP contribution in [0.1, 0.15) is 18.5 Å². The van der Waals surface area contributed by atoms with Crippen LogP contribution in [0.2, 0.25) is 0 Å². The molecule has 2 aliphatic heterocycles. The van der Waals surface area contributed by atoms with Gasteiger partial charge in [0.2, 0.25) is 5.16 Å². The molecule has 17 heteroatoms. The van der Waals surface area contributed by atoms with E-state index in [4.69, 9.17) is 10.6 Å². The summed E-state index contributed by atoms with van der Waals surface area (Å²) in [7, 11) is 1.68. The quantitative estimate of drug-likeness (QED) is 0.163. The van der Waals surface area contributed by atoms with Gasteiger partial charge in [-0.1, -0.05) is 16.9 Å². The Morgan fingerprint density at radius 2 is 2.23 bits per heavy atom. The highest BCUT2D eigenvalue weighted by Gasteiger charge is 2.54. The van der Waals surface area contributed by atoms with Gasteiger partial charge in [0.05, 0.1) is 0 Å².